The molecule has 23 heavy (non-hydrogen) atoms. The van der Waals surface area contributed by atoms with E-state index >= 15 is 0 Å². The van der Waals surface area contributed by atoms with Crippen molar-refractivity contribution in [2.45, 2.75) is 44.0 Å². The molecule has 1 aromatic rings. The molecule has 1 amide bonds. The molecule has 7 heteroatoms. The van der Waals surface area contributed by atoms with Crippen molar-refractivity contribution >= 4 is 15.9 Å². The van der Waals surface area contributed by atoms with E-state index in [4.69, 9.17) is 4.74 Å². The van der Waals surface area contributed by atoms with Crippen molar-refractivity contribution in [1.82, 2.24) is 9.62 Å². The zero-order valence-corrected chi connectivity index (χ0v) is 14.6. The third-order valence-electron chi connectivity index (χ3n) is 4.07. The summed E-state index contributed by atoms with van der Waals surface area (Å²) in [5.74, 6) is 0.212. The van der Waals surface area contributed by atoms with Crippen LogP contribution in [0.2, 0.25) is 0 Å². The highest BCUT2D eigenvalue weighted by Gasteiger charge is 2.25. The van der Waals surface area contributed by atoms with Crippen LogP contribution in [0.1, 0.15) is 43.5 Å². The van der Waals surface area contributed by atoms with Crippen molar-refractivity contribution in [1.29, 1.82) is 0 Å². The van der Waals surface area contributed by atoms with Gasteiger partial charge in [-0.3, -0.25) is 4.79 Å². The fourth-order valence-corrected chi connectivity index (χ4v) is 3.88. The van der Waals surface area contributed by atoms with Gasteiger partial charge in [0.05, 0.1) is 17.6 Å². The summed E-state index contributed by atoms with van der Waals surface area (Å²) in [5.41, 5.74) is 0.293. The van der Waals surface area contributed by atoms with Crippen molar-refractivity contribution in [3.05, 3.63) is 23.8 Å². The van der Waals surface area contributed by atoms with Gasteiger partial charge in [-0.1, -0.05) is 6.92 Å². The number of amides is 1. The largest absolute Gasteiger partial charge is 0.496 e. The number of nitrogens with one attached hydrogen (secondary N) is 1. The summed E-state index contributed by atoms with van der Waals surface area (Å²) in [6.45, 7) is 5.11. The van der Waals surface area contributed by atoms with E-state index in [2.05, 4.69) is 4.72 Å². The molecule has 128 valence electrons. The number of carbonyl (C=O) groups excluding carboxylic acids is 1. The monoisotopic (exact) mass is 340 g/mol. The second kappa shape index (κ2) is 7.31. The smallest absolute Gasteiger partial charge is 0.257 e. The minimum absolute atomic E-state index is 0.0844. The Morgan fingerprint density at radius 3 is 2.57 bits per heavy atom. The lowest BCUT2D eigenvalue weighted by molar-refractivity contribution is 0.0789. The molecule has 0 aromatic heterocycles. The number of hydrogen-bond donors (Lipinski definition) is 1. The van der Waals surface area contributed by atoms with Crippen LogP contribution in [0, 0.1) is 0 Å². The first-order valence-electron chi connectivity index (χ1n) is 7.88. The third-order valence-corrected chi connectivity index (χ3v) is 5.66. The fraction of sp³-hybridized carbons (Fsp3) is 0.562. The molecule has 1 heterocycles. The Morgan fingerprint density at radius 2 is 2.00 bits per heavy atom. The molecule has 1 aliphatic rings. The molecular formula is C16H24N2O4S. The van der Waals surface area contributed by atoms with E-state index in [0.29, 0.717) is 30.8 Å². The quantitative estimate of drug-likeness (QED) is 0.859. The van der Waals surface area contributed by atoms with Crippen LogP contribution in [0.5, 0.6) is 5.75 Å². The number of nitrogens with zero attached hydrogens (tertiary/aromatic N) is 1. The van der Waals surface area contributed by atoms with Gasteiger partial charge in [0.1, 0.15) is 5.75 Å². The molecule has 1 aliphatic heterocycles. The van der Waals surface area contributed by atoms with Gasteiger partial charge in [0.15, 0.2) is 0 Å². The summed E-state index contributed by atoms with van der Waals surface area (Å²) in [7, 11) is -2.18. The molecule has 1 N–H and O–H groups in total. The van der Waals surface area contributed by atoms with E-state index in [1.165, 1.54) is 25.3 Å². The van der Waals surface area contributed by atoms with Crippen LogP contribution in [0.25, 0.3) is 0 Å². The zero-order valence-electron chi connectivity index (χ0n) is 13.8. The Bertz CT molecular complexity index is 667. The van der Waals surface area contributed by atoms with Crippen LogP contribution in [-0.2, 0) is 10.0 Å². The Labute approximate surface area is 137 Å². The van der Waals surface area contributed by atoms with Gasteiger partial charge < -0.3 is 9.64 Å². The third kappa shape index (κ3) is 4.03. The van der Waals surface area contributed by atoms with E-state index < -0.39 is 10.0 Å². The highest BCUT2D eigenvalue weighted by molar-refractivity contribution is 7.89. The van der Waals surface area contributed by atoms with E-state index in [1.807, 2.05) is 6.92 Å². The maximum Gasteiger partial charge on any atom is 0.257 e. The van der Waals surface area contributed by atoms with Crippen molar-refractivity contribution < 1.29 is 17.9 Å². The van der Waals surface area contributed by atoms with Gasteiger partial charge in [0, 0.05) is 19.1 Å². The minimum atomic E-state index is -3.65. The molecule has 6 nitrogen and oxygen atoms in total. The number of methoxy groups -OCH3 is 1. The Hall–Kier alpha value is -1.60. The van der Waals surface area contributed by atoms with Gasteiger partial charge in [0.25, 0.3) is 5.91 Å². The summed E-state index contributed by atoms with van der Waals surface area (Å²) >= 11 is 0. The lowest BCUT2D eigenvalue weighted by Crippen LogP contribution is -2.32. The molecular weight excluding hydrogens is 316 g/mol. The SMILES string of the molecule is CC[C@@H](C)NS(=O)(=O)c1ccc(OC)c(C(=O)N2CCCC2)c1. The van der Waals surface area contributed by atoms with E-state index in [1.54, 1.807) is 11.8 Å². The van der Waals surface area contributed by atoms with Gasteiger partial charge in [-0.2, -0.15) is 0 Å². The summed E-state index contributed by atoms with van der Waals surface area (Å²) in [6.07, 6.45) is 2.64. The lowest BCUT2D eigenvalue weighted by Gasteiger charge is -2.18. The number of sulfonamides is 1. The van der Waals surface area contributed by atoms with Crippen LogP contribution in [0.4, 0.5) is 0 Å². The van der Waals surface area contributed by atoms with E-state index in [9.17, 15) is 13.2 Å². The molecule has 1 aromatic carbocycles. The Balaban J connectivity index is 2.36. The van der Waals surface area contributed by atoms with Crippen LogP contribution >= 0.6 is 0 Å². The van der Waals surface area contributed by atoms with Gasteiger partial charge in [0.2, 0.25) is 10.0 Å². The number of benzene rings is 1. The maximum atomic E-state index is 12.6. The lowest BCUT2D eigenvalue weighted by atomic mass is 10.1. The van der Waals surface area contributed by atoms with Gasteiger partial charge in [-0.15, -0.1) is 0 Å². The number of carbonyl (C=O) groups is 1. The number of ether oxygens (including phenoxy) is 1. The molecule has 0 aliphatic carbocycles. The number of hydrogen-bond acceptors (Lipinski definition) is 4. The van der Waals surface area contributed by atoms with Crippen molar-refractivity contribution in [2.24, 2.45) is 0 Å². The van der Waals surface area contributed by atoms with Crippen LogP contribution in [-0.4, -0.2) is 45.5 Å². The first kappa shape index (κ1) is 17.7. The van der Waals surface area contributed by atoms with Crippen LogP contribution in [0.3, 0.4) is 0 Å². The molecule has 0 unspecified atom stereocenters. The average molecular weight is 340 g/mol. The van der Waals surface area contributed by atoms with E-state index in [0.717, 1.165) is 12.8 Å². The molecule has 1 atom stereocenters. The summed E-state index contributed by atoms with van der Waals surface area (Å²) in [4.78, 5) is 14.4. The predicted octanol–water partition coefficient (Wildman–Crippen LogP) is 2.01. The highest BCUT2D eigenvalue weighted by atomic mass is 32.2. The average Bonchev–Trinajstić information content (AvgIpc) is 3.07. The van der Waals surface area contributed by atoms with Crippen molar-refractivity contribution in [2.75, 3.05) is 20.2 Å². The molecule has 0 bridgehead atoms. The first-order chi connectivity index (χ1) is 10.9. The molecule has 0 spiro atoms. The second-order valence-corrected chi connectivity index (χ2v) is 7.51. The Morgan fingerprint density at radius 1 is 1.35 bits per heavy atom. The summed E-state index contributed by atoms with van der Waals surface area (Å²) in [6, 6.07) is 4.24. The topological polar surface area (TPSA) is 75.7 Å². The van der Waals surface area contributed by atoms with Crippen molar-refractivity contribution in [3.8, 4) is 5.75 Å². The Kier molecular flexibility index (Phi) is 5.64. The number of likely N-dealkylation sites (tertiary alicyclic amines) is 1. The normalized spacial score (nSPS) is 16.4. The molecule has 1 saturated heterocycles. The highest BCUT2D eigenvalue weighted by Crippen LogP contribution is 2.25. The number of rotatable bonds is 6. The zero-order chi connectivity index (χ0) is 17.0. The molecule has 1 fully saturated rings. The fourth-order valence-electron chi connectivity index (χ4n) is 2.53. The molecule has 0 radical (unpaired) electrons. The molecule has 2 rings (SSSR count). The summed E-state index contributed by atoms with van der Waals surface area (Å²) in [5, 5.41) is 0. The second-order valence-electron chi connectivity index (χ2n) is 5.79. The minimum Gasteiger partial charge on any atom is -0.496 e. The maximum absolute atomic E-state index is 12.6. The predicted molar refractivity (Wildman–Crippen MR) is 88.2 cm³/mol. The summed E-state index contributed by atoms with van der Waals surface area (Å²) < 4.78 is 32.7. The van der Waals surface area contributed by atoms with Crippen LogP contribution < -0.4 is 9.46 Å². The molecule has 0 saturated carbocycles. The standard InChI is InChI=1S/C16H24N2O4S/c1-4-12(2)17-23(20,21)13-7-8-15(22-3)14(11-13)16(19)18-9-5-6-10-18/h7-8,11-12,17H,4-6,9-10H2,1-3H3/t12-/m1/s1. The van der Waals surface area contributed by atoms with Crippen molar-refractivity contribution in [3.63, 3.8) is 0 Å². The van der Waals surface area contributed by atoms with Crippen LogP contribution in [0.15, 0.2) is 23.1 Å². The first-order valence-corrected chi connectivity index (χ1v) is 9.37. The van der Waals surface area contributed by atoms with Gasteiger partial charge in [-0.25, -0.2) is 13.1 Å². The van der Waals surface area contributed by atoms with E-state index in [-0.39, 0.29) is 16.8 Å². The van der Waals surface area contributed by atoms with Gasteiger partial charge >= 0.3 is 0 Å². The van der Waals surface area contributed by atoms with Gasteiger partial charge in [-0.05, 0) is 44.4 Å².